The lowest BCUT2D eigenvalue weighted by molar-refractivity contribution is -0.320. The van der Waals surface area contributed by atoms with Crippen LogP contribution in [0.4, 0.5) is 0 Å². The molecule has 1 saturated heterocycles. The van der Waals surface area contributed by atoms with Crippen molar-refractivity contribution >= 4 is 5.97 Å². The Morgan fingerprint density at radius 1 is 1.00 bits per heavy atom. The smallest absolute Gasteiger partial charge is 0.334 e. The molecule has 0 radical (unpaired) electrons. The second kappa shape index (κ2) is 9.39. The molecule has 130 valence electrons. The van der Waals surface area contributed by atoms with Gasteiger partial charge in [0, 0.05) is 28.4 Å². The zero-order chi connectivity index (χ0) is 16.7. The summed E-state index contributed by atoms with van der Waals surface area (Å²) in [7, 11) is 7.49. The maximum atomic E-state index is 11.5. The third-order valence-electron chi connectivity index (χ3n) is 3.61. The van der Waals surface area contributed by atoms with E-state index < -0.39 is 36.7 Å². The summed E-state index contributed by atoms with van der Waals surface area (Å²) in [4.78, 5) is 11.5. The van der Waals surface area contributed by atoms with E-state index in [1.807, 2.05) is 0 Å². The highest BCUT2D eigenvalue weighted by Crippen LogP contribution is 2.28. The van der Waals surface area contributed by atoms with Crippen molar-refractivity contribution in [2.45, 2.75) is 43.7 Å². The number of hydrogen-bond acceptors (Lipinski definition) is 8. The van der Waals surface area contributed by atoms with Crippen LogP contribution in [0.2, 0.25) is 0 Å². The molecule has 0 bridgehead atoms. The number of esters is 1. The molecule has 1 aliphatic heterocycles. The molecule has 1 heterocycles. The molecule has 0 aliphatic carbocycles. The second-order valence-corrected chi connectivity index (χ2v) is 4.90. The molecule has 22 heavy (non-hydrogen) atoms. The normalized spacial score (nSPS) is 33.5. The summed E-state index contributed by atoms with van der Waals surface area (Å²) >= 11 is 0. The lowest BCUT2D eigenvalue weighted by Crippen LogP contribution is -2.61. The van der Waals surface area contributed by atoms with Crippen LogP contribution >= 0.6 is 0 Å². The molecule has 0 spiro atoms. The molecule has 0 aromatic heterocycles. The van der Waals surface area contributed by atoms with E-state index in [0.717, 1.165) is 0 Å². The molecule has 1 rings (SSSR count). The van der Waals surface area contributed by atoms with Crippen molar-refractivity contribution in [2.24, 2.45) is 0 Å². The van der Waals surface area contributed by atoms with Gasteiger partial charge in [0.15, 0.2) is 12.4 Å². The van der Waals surface area contributed by atoms with Gasteiger partial charge in [0.25, 0.3) is 0 Å². The molecule has 0 unspecified atom stereocenters. The van der Waals surface area contributed by atoms with Crippen LogP contribution in [0.25, 0.3) is 0 Å². The summed E-state index contributed by atoms with van der Waals surface area (Å²) in [5, 5.41) is 0. The van der Waals surface area contributed by atoms with Gasteiger partial charge >= 0.3 is 5.97 Å². The molecule has 6 atom stereocenters. The average molecular weight is 322 g/mol. The third-order valence-corrected chi connectivity index (χ3v) is 3.61. The number of methoxy groups -OCH3 is 5. The van der Waals surface area contributed by atoms with Crippen molar-refractivity contribution in [3.8, 4) is 0 Å². The topological polar surface area (TPSA) is 81.7 Å². The standard InChI is InChI=1S/C14H26O8/c1-8(13(15)20-6)21-14-12(19-5)11(18-4)10(17-3)9(22-14)7-16-2/h8-12,14H,7H2,1-6H3/t8-,9+,10+,11-,12+,14+/m0/s1. The zero-order valence-electron chi connectivity index (χ0n) is 13.9. The fraction of sp³-hybridized carbons (Fsp3) is 0.929. The highest BCUT2D eigenvalue weighted by atomic mass is 16.7. The maximum absolute atomic E-state index is 11.5. The number of ether oxygens (including phenoxy) is 7. The lowest BCUT2D eigenvalue weighted by atomic mass is 9.98. The van der Waals surface area contributed by atoms with E-state index in [1.54, 1.807) is 28.3 Å². The second-order valence-electron chi connectivity index (χ2n) is 4.90. The van der Waals surface area contributed by atoms with E-state index in [1.165, 1.54) is 14.2 Å². The summed E-state index contributed by atoms with van der Waals surface area (Å²) in [6.45, 7) is 1.87. The van der Waals surface area contributed by atoms with E-state index in [-0.39, 0.29) is 6.10 Å². The van der Waals surface area contributed by atoms with E-state index in [9.17, 15) is 4.79 Å². The first-order chi connectivity index (χ1) is 10.5. The Morgan fingerprint density at radius 2 is 1.59 bits per heavy atom. The van der Waals surface area contributed by atoms with E-state index in [2.05, 4.69) is 4.74 Å². The SMILES string of the molecule is COC[C@H]1O[C@@H](O[C@@H](C)C(=O)OC)[C@H](OC)[C@@H](OC)[C@@H]1OC. The molecular formula is C14H26O8. The molecule has 0 amide bonds. The first kappa shape index (κ1) is 19.3. The Balaban J connectivity index is 2.91. The van der Waals surface area contributed by atoms with Gasteiger partial charge in [-0.2, -0.15) is 0 Å². The van der Waals surface area contributed by atoms with Crippen LogP contribution in [0.5, 0.6) is 0 Å². The van der Waals surface area contributed by atoms with Gasteiger partial charge < -0.3 is 33.2 Å². The molecule has 8 nitrogen and oxygen atoms in total. The quantitative estimate of drug-likeness (QED) is 0.577. The van der Waals surface area contributed by atoms with Gasteiger partial charge in [0.1, 0.15) is 24.4 Å². The lowest BCUT2D eigenvalue weighted by Gasteiger charge is -2.44. The van der Waals surface area contributed by atoms with Crippen LogP contribution in [0.15, 0.2) is 0 Å². The van der Waals surface area contributed by atoms with Gasteiger partial charge in [0.05, 0.1) is 13.7 Å². The first-order valence-corrected chi connectivity index (χ1v) is 7.00. The Hall–Kier alpha value is -0.770. The van der Waals surface area contributed by atoms with Crippen LogP contribution < -0.4 is 0 Å². The number of hydrogen-bond donors (Lipinski definition) is 0. The van der Waals surface area contributed by atoms with Gasteiger partial charge in [-0.3, -0.25) is 0 Å². The van der Waals surface area contributed by atoms with Gasteiger partial charge in [-0.15, -0.1) is 0 Å². The predicted molar refractivity (Wildman–Crippen MR) is 75.5 cm³/mol. The van der Waals surface area contributed by atoms with Crippen LogP contribution in [-0.2, 0) is 38.0 Å². The third kappa shape index (κ3) is 4.37. The van der Waals surface area contributed by atoms with Gasteiger partial charge in [-0.25, -0.2) is 4.79 Å². The number of rotatable bonds is 8. The highest BCUT2D eigenvalue weighted by molar-refractivity contribution is 5.73. The molecule has 0 saturated carbocycles. The van der Waals surface area contributed by atoms with Gasteiger partial charge in [-0.1, -0.05) is 0 Å². The molecule has 1 aliphatic rings. The molecular weight excluding hydrogens is 296 g/mol. The van der Waals surface area contributed by atoms with Crippen molar-refractivity contribution in [1.29, 1.82) is 0 Å². The fourth-order valence-corrected chi connectivity index (χ4v) is 2.51. The summed E-state index contributed by atoms with van der Waals surface area (Å²) in [6, 6.07) is 0. The Morgan fingerprint density at radius 3 is 2.05 bits per heavy atom. The highest BCUT2D eigenvalue weighted by Gasteiger charge is 2.48. The summed E-state index contributed by atoms with van der Waals surface area (Å²) < 4.78 is 37.7. The summed E-state index contributed by atoms with van der Waals surface area (Å²) in [5.74, 6) is -0.496. The largest absolute Gasteiger partial charge is 0.467 e. The predicted octanol–water partition coefficient (Wildman–Crippen LogP) is -0.0192. The van der Waals surface area contributed by atoms with Crippen LogP contribution in [0.1, 0.15) is 6.92 Å². The number of carbonyl (C=O) groups excluding carboxylic acids is 1. The van der Waals surface area contributed by atoms with Crippen molar-refractivity contribution in [3.63, 3.8) is 0 Å². The zero-order valence-corrected chi connectivity index (χ0v) is 13.9. The van der Waals surface area contributed by atoms with Crippen molar-refractivity contribution in [2.75, 3.05) is 42.2 Å². The van der Waals surface area contributed by atoms with Crippen LogP contribution in [0, 0.1) is 0 Å². The molecule has 8 heteroatoms. The maximum Gasteiger partial charge on any atom is 0.334 e. The molecule has 0 N–H and O–H groups in total. The van der Waals surface area contributed by atoms with Gasteiger partial charge in [0.2, 0.25) is 0 Å². The summed E-state index contributed by atoms with van der Waals surface area (Å²) in [5.41, 5.74) is 0. The van der Waals surface area contributed by atoms with Gasteiger partial charge in [-0.05, 0) is 6.92 Å². The van der Waals surface area contributed by atoms with E-state index in [4.69, 9.17) is 28.4 Å². The van der Waals surface area contributed by atoms with Crippen molar-refractivity contribution in [1.82, 2.24) is 0 Å². The van der Waals surface area contributed by atoms with Crippen molar-refractivity contribution in [3.05, 3.63) is 0 Å². The Kier molecular flexibility index (Phi) is 8.23. The number of carbonyl (C=O) groups is 1. The monoisotopic (exact) mass is 322 g/mol. The minimum absolute atomic E-state index is 0.293. The van der Waals surface area contributed by atoms with E-state index >= 15 is 0 Å². The van der Waals surface area contributed by atoms with Crippen molar-refractivity contribution < 1.29 is 38.0 Å². The first-order valence-electron chi connectivity index (χ1n) is 7.00. The molecule has 1 fully saturated rings. The minimum Gasteiger partial charge on any atom is -0.467 e. The molecule has 0 aromatic carbocycles. The van der Waals surface area contributed by atoms with Crippen LogP contribution in [-0.4, -0.2) is 84.9 Å². The Labute approximate surface area is 130 Å². The minimum atomic E-state index is -0.810. The average Bonchev–Trinajstić information content (AvgIpc) is 2.53. The van der Waals surface area contributed by atoms with Crippen LogP contribution in [0.3, 0.4) is 0 Å². The molecule has 0 aromatic rings. The fourth-order valence-electron chi connectivity index (χ4n) is 2.51. The summed E-state index contributed by atoms with van der Waals surface area (Å²) in [6.07, 6.45) is -3.40. The van der Waals surface area contributed by atoms with E-state index in [0.29, 0.717) is 6.61 Å². The Bertz CT molecular complexity index is 337.